The van der Waals surface area contributed by atoms with Crippen LogP contribution in [0.5, 0.6) is 5.88 Å². The second-order valence-corrected chi connectivity index (χ2v) is 5.76. The first kappa shape index (κ1) is 17.6. The zero-order chi connectivity index (χ0) is 18.4. The van der Waals surface area contributed by atoms with E-state index in [1.165, 1.54) is 0 Å². The highest BCUT2D eigenvalue weighted by Crippen LogP contribution is 2.22. The summed E-state index contributed by atoms with van der Waals surface area (Å²) < 4.78 is 5.62. The molecule has 7 nitrogen and oxygen atoms in total. The van der Waals surface area contributed by atoms with Crippen LogP contribution in [0.1, 0.15) is 23.2 Å². The lowest BCUT2D eigenvalue weighted by molar-refractivity contribution is 0.0891. The van der Waals surface area contributed by atoms with Gasteiger partial charge in [0.25, 0.3) is 5.91 Å². The molecule has 2 heterocycles. The highest BCUT2D eigenvalue weighted by molar-refractivity contribution is 6.00. The number of ether oxygens (including phenoxy) is 1. The van der Waals surface area contributed by atoms with E-state index in [9.17, 15) is 9.90 Å². The quantitative estimate of drug-likeness (QED) is 0.600. The van der Waals surface area contributed by atoms with E-state index in [4.69, 9.17) is 10.00 Å². The lowest BCUT2D eigenvalue weighted by Crippen LogP contribution is -2.42. The summed E-state index contributed by atoms with van der Waals surface area (Å²) in [6, 6.07) is 9.65. The number of carbonyl (C=O) groups is 1. The van der Waals surface area contributed by atoms with Crippen molar-refractivity contribution in [2.24, 2.45) is 0 Å². The molecule has 1 aliphatic rings. The van der Waals surface area contributed by atoms with E-state index in [0.29, 0.717) is 42.3 Å². The van der Waals surface area contributed by atoms with Crippen molar-refractivity contribution >= 4 is 5.91 Å². The summed E-state index contributed by atoms with van der Waals surface area (Å²) in [5.74, 6) is 0.409. The molecule has 0 spiro atoms. The molecule has 1 unspecified atom stereocenters. The molecule has 3 rings (SSSR count). The second kappa shape index (κ2) is 8.23. The van der Waals surface area contributed by atoms with Gasteiger partial charge in [0.1, 0.15) is 0 Å². The van der Waals surface area contributed by atoms with E-state index in [0.717, 1.165) is 0 Å². The van der Waals surface area contributed by atoms with E-state index in [1.54, 1.807) is 42.6 Å². The third kappa shape index (κ3) is 4.05. The summed E-state index contributed by atoms with van der Waals surface area (Å²) >= 11 is 0. The number of aliphatic hydroxyl groups excluding tert-OH is 1. The molecule has 0 radical (unpaired) electrons. The van der Waals surface area contributed by atoms with Gasteiger partial charge in [-0.05, 0) is 18.9 Å². The number of amides is 1. The van der Waals surface area contributed by atoms with Crippen LogP contribution in [-0.2, 0) is 0 Å². The zero-order valence-electron chi connectivity index (χ0n) is 14.0. The van der Waals surface area contributed by atoms with Crippen molar-refractivity contribution in [1.82, 2.24) is 15.3 Å². The summed E-state index contributed by atoms with van der Waals surface area (Å²) in [6.45, 7) is 0.437. The summed E-state index contributed by atoms with van der Waals surface area (Å²) in [7, 11) is 0. The average Bonchev–Trinajstić information content (AvgIpc) is 2.68. The van der Waals surface area contributed by atoms with Crippen molar-refractivity contribution in [2.45, 2.75) is 25.0 Å². The minimum atomic E-state index is -1.31. The Kier molecular flexibility index (Phi) is 5.56. The van der Waals surface area contributed by atoms with Crippen LogP contribution in [0.3, 0.4) is 0 Å². The number of hydrogen-bond acceptors (Lipinski definition) is 6. The Balaban J connectivity index is 2.02. The van der Waals surface area contributed by atoms with Gasteiger partial charge < -0.3 is 15.2 Å². The predicted molar refractivity (Wildman–Crippen MR) is 94.2 cm³/mol. The summed E-state index contributed by atoms with van der Waals surface area (Å²) in [5, 5.41) is 21.7. The maximum atomic E-state index is 12.8. The molecule has 0 fully saturated rings. The van der Waals surface area contributed by atoms with Gasteiger partial charge >= 0.3 is 0 Å². The van der Waals surface area contributed by atoms with Crippen molar-refractivity contribution in [3.05, 3.63) is 54.2 Å². The second-order valence-electron chi connectivity index (χ2n) is 5.76. The highest BCUT2D eigenvalue weighted by Gasteiger charge is 2.23. The average molecular weight is 350 g/mol. The van der Waals surface area contributed by atoms with E-state index >= 15 is 0 Å². The van der Waals surface area contributed by atoms with Crippen LogP contribution < -0.4 is 10.1 Å². The van der Waals surface area contributed by atoms with Crippen molar-refractivity contribution in [3.8, 4) is 23.3 Å². The molecule has 2 atom stereocenters. The fraction of sp³-hybridized carbons (Fsp3) is 0.263. The first-order valence-electron chi connectivity index (χ1n) is 8.28. The molecule has 2 N–H and O–H groups in total. The number of aliphatic hydroxyl groups is 1. The molecule has 7 heteroatoms. The zero-order valence-corrected chi connectivity index (χ0v) is 14.0. The van der Waals surface area contributed by atoms with Crippen molar-refractivity contribution in [1.29, 1.82) is 5.26 Å². The van der Waals surface area contributed by atoms with Gasteiger partial charge in [-0.1, -0.05) is 30.4 Å². The molecule has 26 heavy (non-hydrogen) atoms. The molecular weight excluding hydrogens is 332 g/mol. The van der Waals surface area contributed by atoms with Gasteiger partial charge in [0.05, 0.1) is 24.3 Å². The van der Waals surface area contributed by atoms with Crippen molar-refractivity contribution in [3.63, 3.8) is 0 Å². The molecule has 132 valence electrons. The number of nitrogens with one attached hydrogen (secondary N) is 1. The van der Waals surface area contributed by atoms with Crippen LogP contribution in [0, 0.1) is 11.3 Å². The number of rotatable bonds is 1. The minimum Gasteiger partial charge on any atom is -0.477 e. The van der Waals surface area contributed by atoms with Crippen LogP contribution in [0.4, 0.5) is 0 Å². The number of aromatic nitrogens is 2. The fourth-order valence-corrected chi connectivity index (χ4v) is 2.62. The van der Waals surface area contributed by atoms with Crippen molar-refractivity contribution in [2.75, 3.05) is 6.61 Å². The van der Waals surface area contributed by atoms with Gasteiger partial charge in [-0.2, -0.15) is 10.2 Å². The maximum Gasteiger partial charge on any atom is 0.252 e. The van der Waals surface area contributed by atoms with Crippen LogP contribution >= 0.6 is 0 Å². The molecule has 0 saturated heterocycles. The summed E-state index contributed by atoms with van der Waals surface area (Å²) in [4.78, 5) is 21.4. The number of fused-ring (bicyclic) bond motifs is 4. The predicted octanol–water partition coefficient (Wildman–Crippen LogP) is 1.86. The van der Waals surface area contributed by atoms with Gasteiger partial charge in [-0.3, -0.25) is 4.79 Å². The maximum absolute atomic E-state index is 12.8. The first-order valence-corrected chi connectivity index (χ1v) is 8.28. The third-order valence-corrected chi connectivity index (χ3v) is 3.96. The van der Waals surface area contributed by atoms with Gasteiger partial charge in [0, 0.05) is 17.8 Å². The fourth-order valence-electron chi connectivity index (χ4n) is 2.62. The third-order valence-electron chi connectivity index (χ3n) is 3.96. The van der Waals surface area contributed by atoms with E-state index in [-0.39, 0.29) is 0 Å². The Morgan fingerprint density at radius 2 is 2.08 bits per heavy atom. The number of nitriles is 1. The highest BCUT2D eigenvalue weighted by atomic mass is 16.5. The number of carbonyl (C=O) groups excluding carboxylic acids is 1. The molecule has 1 aliphatic heterocycles. The normalized spacial score (nSPS) is 19.7. The number of hydrogen-bond donors (Lipinski definition) is 2. The van der Waals surface area contributed by atoms with E-state index < -0.39 is 18.1 Å². The smallest absolute Gasteiger partial charge is 0.252 e. The largest absolute Gasteiger partial charge is 0.477 e. The molecule has 1 amide bonds. The van der Waals surface area contributed by atoms with Gasteiger partial charge in [0.2, 0.25) is 5.88 Å². The number of benzene rings is 1. The first-order chi connectivity index (χ1) is 12.7. The Morgan fingerprint density at radius 3 is 2.88 bits per heavy atom. The van der Waals surface area contributed by atoms with Gasteiger partial charge in [-0.15, -0.1) is 0 Å². The Labute approximate surface area is 151 Å². The molecule has 2 aromatic rings. The Hall–Kier alpha value is -3.24. The molecule has 1 aromatic heterocycles. The van der Waals surface area contributed by atoms with Crippen LogP contribution in [-0.4, -0.2) is 39.7 Å². The standard InChI is InChI=1S/C19H18N4O3/c20-12-16(24)15-8-2-1-5-11-26-17-9-10-21-18(23-17)13-6-3-4-7-14(13)19(25)22-15/h1-4,6-7,9-10,15-16,24H,5,8,11H2,(H,22,25)/b2-1-/t15-,16?/m0/s1. The molecule has 2 bridgehead atoms. The number of nitrogens with zero attached hydrogens (tertiary/aromatic N) is 3. The Morgan fingerprint density at radius 1 is 1.27 bits per heavy atom. The van der Waals surface area contributed by atoms with E-state index in [2.05, 4.69) is 15.3 Å². The van der Waals surface area contributed by atoms with Crippen LogP contribution in [0.25, 0.3) is 11.4 Å². The minimum absolute atomic E-state index is 0.338. The molecular formula is C19H18N4O3. The van der Waals surface area contributed by atoms with Gasteiger partial charge in [0.15, 0.2) is 11.9 Å². The topological polar surface area (TPSA) is 108 Å². The lowest BCUT2D eigenvalue weighted by atomic mass is 10.0. The van der Waals surface area contributed by atoms with Gasteiger partial charge in [-0.25, -0.2) is 4.98 Å². The summed E-state index contributed by atoms with van der Waals surface area (Å²) in [6.07, 6.45) is 4.95. The SMILES string of the molecule is N#CC(O)[C@@H]1C/C=C\CCOc2ccnc(n2)-c2ccccc2C(=O)N1. The molecule has 0 saturated carbocycles. The van der Waals surface area contributed by atoms with E-state index in [1.807, 2.05) is 12.2 Å². The molecule has 0 aliphatic carbocycles. The molecule has 1 aromatic carbocycles. The van der Waals surface area contributed by atoms with Crippen LogP contribution in [0.15, 0.2) is 48.7 Å². The lowest BCUT2D eigenvalue weighted by Gasteiger charge is -2.19. The van der Waals surface area contributed by atoms with Crippen molar-refractivity contribution < 1.29 is 14.6 Å². The Bertz CT molecular complexity index is 860. The summed E-state index contributed by atoms with van der Waals surface area (Å²) in [5.41, 5.74) is 0.911. The van der Waals surface area contributed by atoms with Crippen LogP contribution in [0.2, 0.25) is 0 Å². The monoisotopic (exact) mass is 350 g/mol.